The molecule has 5 heteroatoms. The van der Waals surface area contributed by atoms with Gasteiger partial charge in [0.15, 0.2) is 5.75 Å². The number of aromatic nitrogens is 2. The lowest BCUT2D eigenvalue weighted by Gasteiger charge is -2.20. The Morgan fingerprint density at radius 2 is 2.27 bits per heavy atom. The molecule has 0 amide bonds. The van der Waals surface area contributed by atoms with Crippen LogP contribution in [0.15, 0.2) is 12.4 Å². The van der Waals surface area contributed by atoms with E-state index in [1.54, 1.807) is 38.0 Å². The summed E-state index contributed by atoms with van der Waals surface area (Å²) >= 11 is 0. The summed E-state index contributed by atoms with van der Waals surface area (Å²) < 4.78 is 11.7. The highest BCUT2D eigenvalue weighted by Gasteiger charge is 2.29. The number of ether oxygens (including phenoxy) is 2. The summed E-state index contributed by atoms with van der Waals surface area (Å²) in [6.45, 7) is 3.82. The number of rotatable bonds is 4. The molecular formula is C10H16N2O3. The van der Waals surface area contributed by atoms with Crippen LogP contribution in [0.2, 0.25) is 0 Å². The second kappa shape index (κ2) is 4.33. The van der Waals surface area contributed by atoms with Crippen LogP contribution in [0.1, 0.15) is 13.8 Å². The Bertz CT molecular complexity index is 344. The molecule has 0 bridgehead atoms. The Hall–Kier alpha value is -1.52. The fourth-order valence-electron chi connectivity index (χ4n) is 1.07. The van der Waals surface area contributed by atoms with Crippen LogP contribution in [-0.2, 0) is 16.6 Å². The third-order valence-corrected chi connectivity index (χ3v) is 2.02. The summed E-state index contributed by atoms with van der Waals surface area (Å²) in [5, 5.41) is 3.96. The van der Waals surface area contributed by atoms with E-state index >= 15 is 0 Å². The van der Waals surface area contributed by atoms with Gasteiger partial charge in [0.2, 0.25) is 0 Å². The number of esters is 1. The monoisotopic (exact) mass is 212 g/mol. The van der Waals surface area contributed by atoms with Gasteiger partial charge in [-0.05, 0) is 13.8 Å². The number of aryl methyl sites for hydroxylation is 1. The van der Waals surface area contributed by atoms with Crippen LogP contribution in [-0.4, -0.2) is 29.5 Å². The first-order valence-corrected chi connectivity index (χ1v) is 4.65. The van der Waals surface area contributed by atoms with E-state index in [4.69, 9.17) is 4.74 Å². The van der Waals surface area contributed by atoms with Gasteiger partial charge in [-0.15, -0.1) is 0 Å². The zero-order valence-corrected chi connectivity index (χ0v) is 9.48. The molecule has 1 aromatic rings. The molecule has 1 heterocycles. The zero-order valence-electron chi connectivity index (χ0n) is 9.48. The largest absolute Gasteiger partial charge is 0.489 e. The molecule has 5 nitrogen and oxygen atoms in total. The van der Waals surface area contributed by atoms with Crippen molar-refractivity contribution in [3.8, 4) is 5.75 Å². The van der Waals surface area contributed by atoms with Crippen LogP contribution in [0, 0.1) is 5.41 Å². The van der Waals surface area contributed by atoms with Crippen molar-refractivity contribution in [3.63, 3.8) is 0 Å². The molecule has 0 aliphatic heterocycles. The first-order chi connectivity index (χ1) is 6.95. The lowest BCUT2D eigenvalue weighted by Crippen LogP contribution is -2.32. The van der Waals surface area contributed by atoms with Crippen molar-refractivity contribution in [2.24, 2.45) is 12.5 Å². The quantitative estimate of drug-likeness (QED) is 0.699. The highest BCUT2D eigenvalue weighted by molar-refractivity contribution is 5.75. The van der Waals surface area contributed by atoms with Crippen LogP contribution in [0.5, 0.6) is 5.75 Å². The lowest BCUT2D eigenvalue weighted by molar-refractivity contribution is -0.152. The lowest BCUT2D eigenvalue weighted by atomic mass is 9.95. The predicted octanol–water partition coefficient (Wildman–Crippen LogP) is 0.998. The molecule has 0 unspecified atom stereocenters. The normalized spacial score (nSPS) is 11.2. The van der Waals surface area contributed by atoms with Gasteiger partial charge in [-0.25, -0.2) is 0 Å². The van der Waals surface area contributed by atoms with Crippen molar-refractivity contribution in [1.82, 2.24) is 9.78 Å². The van der Waals surface area contributed by atoms with Gasteiger partial charge in [-0.3, -0.25) is 9.48 Å². The fourth-order valence-corrected chi connectivity index (χ4v) is 1.07. The minimum atomic E-state index is -0.648. The van der Waals surface area contributed by atoms with E-state index in [9.17, 15) is 4.79 Å². The Kier molecular flexibility index (Phi) is 3.34. The zero-order chi connectivity index (χ0) is 11.5. The number of hydrogen-bond donors (Lipinski definition) is 0. The highest BCUT2D eigenvalue weighted by atomic mass is 16.5. The van der Waals surface area contributed by atoms with Crippen molar-refractivity contribution in [1.29, 1.82) is 0 Å². The van der Waals surface area contributed by atoms with E-state index in [0.29, 0.717) is 5.75 Å². The van der Waals surface area contributed by atoms with Gasteiger partial charge in [0, 0.05) is 7.05 Å². The predicted molar refractivity (Wildman–Crippen MR) is 54.5 cm³/mol. The molecule has 0 saturated heterocycles. The van der Waals surface area contributed by atoms with E-state index in [1.807, 2.05) is 0 Å². The average Bonchev–Trinajstić information content (AvgIpc) is 2.60. The number of nitrogens with zero attached hydrogens (tertiary/aromatic N) is 2. The van der Waals surface area contributed by atoms with Gasteiger partial charge in [0.25, 0.3) is 0 Å². The molecule has 0 aromatic carbocycles. The molecule has 15 heavy (non-hydrogen) atoms. The van der Waals surface area contributed by atoms with Crippen LogP contribution in [0.3, 0.4) is 0 Å². The van der Waals surface area contributed by atoms with E-state index in [0.717, 1.165) is 0 Å². The fraction of sp³-hybridized carbons (Fsp3) is 0.600. The molecule has 0 aliphatic carbocycles. The molecule has 84 valence electrons. The minimum Gasteiger partial charge on any atom is -0.489 e. The standard InChI is InChI=1S/C10H16N2O3/c1-10(2,9(13)14-4)7-15-8-5-11-12(3)6-8/h5-6H,7H2,1-4H3. The summed E-state index contributed by atoms with van der Waals surface area (Å²) in [5.41, 5.74) is -0.648. The Balaban J connectivity index is 2.53. The average molecular weight is 212 g/mol. The molecule has 0 aliphatic rings. The summed E-state index contributed by atoms with van der Waals surface area (Å²) in [6.07, 6.45) is 3.35. The summed E-state index contributed by atoms with van der Waals surface area (Å²) in [7, 11) is 3.17. The van der Waals surface area contributed by atoms with Gasteiger partial charge in [-0.2, -0.15) is 5.10 Å². The molecule has 0 atom stereocenters. The van der Waals surface area contributed by atoms with Gasteiger partial charge < -0.3 is 9.47 Å². The summed E-state index contributed by atoms with van der Waals surface area (Å²) in [5.74, 6) is 0.362. The number of carbonyl (C=O) groups excluding carboxylic acids is 1. The van der Waals surface area contributed by atoms with Gasteiger partial charge in [-0.1, -0.05) is 0 Å². The Morgan fingerprint density at radius 1 is 1.60 bits per heavy atom. The number of carbonyl (C=O) groups is 1. The van der Waals surface area contributed by atoms with Crippen LogP contribution in [0.4, 0.5) is 0 Å². The van der Waals surface area contributed by atoms with Crippen LogP contribution >= 0.6 is 0 Å². The topological polar surface area (TPSA) is 53.4 Å². The number of methoxy groups -OCH3 is 1. The highest BCUT2D eigenvalue weighted by Crippen LogP contribution is 2.19. The van der Waals surface area contributed by atoms with Crippen molar-refractivity contribution in [3.05, 3.63) is 12.4 Å². The first kappa shape index (κ1) is 11.6. The van der Waals surface area contributed by atoms with E-state index in [2.05, 4.69) is 9.84 Å². The van der Waals surface area contributed by atoms with Crippen molar-refractivity contribution in [2.75, 3.05) is 13.7 Å². The molecule has 0 fully saturated rings. The molecule has 0 N–H and O–H groups in total. The van der Waals surface area contributed by atoms with E-state index in [1.165, 1.54) is 7.11 Å². The first-order valence-electron chi connectivity index (χ1n) is 4.65. The Morgan fingerprint density at radius 3 is 2.73 bits per heavy atom. The van der Waals surface area contributed by atoms with Crippen LogP contribution < -0.4 is 4.74 Å². The van der Waals surface area contributed by atoms with Gasteiger partial charge in [0.05, 0.1) is 24.9 Å². The van der Waals surface area contributed by atoms with E-state index in [-0.39, 0.29) is 12.6 Å². The molecule has 1 aromatic heterocycles. The molecule has 0 radical (unpaired) electrons. The molecule has 0 saturated carbocycles. The summed E-state index contributed by atoms with van der Waals surface area (Å²) in [6, 6.07) is 0. The van der Waals surface area contributed by atoms with Gasteiger partial charge in [0.1, 0.15) is 6.61 Å². The minimum absolute atomic E-state index is 0.269. The summed E-state index contributed by atoms with van der Waals surface area (Å²) in [4.78, 5) is 11.3. The number of hydrogen-bond acceptors (Lipinski definition) is 4. The maximum atomic E-state index is 11.3. The Labute approximate surface area is 89.0 Å². The van der Waals surface area contributed by atoms with Crippen molar-refractivity contribution in [2.45, 2.75) is 13.8 Å². The van der Waals surface area contributed by atoms with E-state index < -0.39 is 5.41 Å². The van der Waals surface area contributed by atoms with Crippen molar-refractivity contribution >= 4 is 5.97 Å². The molecular weight excluding hydrogens is 196 g/mol. The molecule has 0 spiro atoms. The second-order valence-corrected chi connectivity index (χ2v) is 4.01. The second-order valence-electron chi connectivity index (χ2n) is 4.01. The molecule has 1 rings (SSSR count). The third kappa shape index (κ3) is 2.97. The third-order valence-electron chi connectivity index (χ3n) is 2.02. The smallest absolute Gasteiger partial charge is 0.314 e. The van der Waals surface area contributed by atoms with Crippen LogP contribution in [0.25, 0.3) is 0 Å². The maximum Gasteiger partial charge on any atom is 0.314 e. The van der Waals surface area contributed by atoms with Gasteiger partial charge >= 0.3 is 5.97 Å². The van der Waals surface area contributed by atoms with Crippen molar-refractivity contribution < 1.29 is 14.3 Å². The SMILES string of the molecule is COC(=O)C(C)(C)COc1cnn(C)c1. The maximum absolute atomic E-state index is 11.3.